The molecule has 0 bridgehead atoms. The number of fused-ring (bicyclic) bond motifs is 2. The lowest BCUT2D eigenvalue weighted by Crippen LogP contribution is -2.41. The van der Waals surface area contributed by atoms with Crippen LogP contribution in [0.1, 0.15) is 37.7 Å². The van der Waals surface area contributed by atoms with Gasteiger partial charge in [0.15, 0.2) is 12.3 Å². The number of rotatable bonds is 5. The van der Waals surface area contributed by atoms with Gasteiger partial charge in [-0.25, -0.2) is 9.48 Å². The molecule has 1 aliphatic rings. The highest BCUT2D eigenvalue weighted by atomic mass is 16.5. The van der Waals surface area contributed by atoms with E-state index in [0.717, 1.165) is 0 Å². The fourth-order valence-corrected chi connectivity index (χ4v) is 4.09. The maximum Gasteiger partial charge on any atom is 0.359 e. The SMILES string of the molecule is CC(C)Cn1nc(C(=O)OCC(=O)N2c3ccccc3NC(=O)CC2C)c2ccccc2c1=O. The van der Waals surface area contributed by atoms with Crippen LogP contribution in [0.3, 0.4) is 0 Å². The zero-order valence-electron chi connectivity index (χ0n) is 19.3. The number of nitrogens with one attached hydrogen (secondary N) is 1. The van der Waals surface area contributed by atoms with Gasteiger partial charge < -0.3 is 15.0 Å². The monoisotopic (exact) mass is 462 g/mol. The Morgan fingerprint density at radius 2 is 1.76 bits per heavy atom. The summed E-state index contributed by atoms with van der Waals surface area (Å²) in [5, 5.41) is 7.78. The molecular weight excluding hydrogens is 436 g/mol. The molecule has 0 spiro atoms. The van der Waals surface area contributed by atoms with Gasteiger partial charge in [0, 0.05) is 24.4 Å². The third-order valence-electron chi connectivity index (χ3n) is 5.55. The minimum absolute atomic E-state index is 0.0233. The summed E-state index contributed by atoms with van der Waals surface area (Å²) in [5.74, 6) is -1.33. The van der Waals surface area contributed by atoms with E-state index in [2.05, 4.69) is 10.4 Å². The summed E-state index contributed by atoms with van der Waals surface area (Å²) < 4.78 is 6.63. The number of hydrogen-bond acceptors (Lipinski definition) is 6. The van der Waals surface area contributed by atoms with Gasteiger partial charge >= 0.3 is 5.97 Å². The Morgan fingerprint density at radius 3 is 2.50 bits per heavy atom. The smallest absolute Gasteiger partial charge is 0.359 e. The summed E-state index contributed by atoms with van der Waals surface area (Å²) in [6.07, 6.45) is 0.112. The van der Waals surface area contributed by atoms with Crippen molar-refractivity contribution in [2.45, 2.75) is 39.8 Å². The highest BCUT2D eigenvalue weighted by Crippen LogP contribution is 2.31. The molecular formula is C25H26N4O5. The highest BCUT2D eigenvalue weighted by Gasteiger charge is 2.30. The van der Waals surface area contributed by atoms with Crippen molar-refractivity contribution in [1.29, 1.82) is 0 Å². The molecule has 1 atom stereocenters. The van der Waals surface area contributed by atoms with Crippen LogP contribution in [0, 0.1) is 5.92 Å². The summed E-state index contributed by atoms with van der Waals surface area (Å²) in [6.45, 7) is 5.45. The van der Waals surface area contributed by atoms with Crippen LogP contribution >= 0.6 is 0 Å². The Labute approximate surface area is 196 Å². The molecule has 0 aliphatic carbocycles. The lowest BCUT2D eigenvalue weighted by molar-refractivity contribution is -0.122. The average molecular weight is 463 g/mol. The lowest BCUT2D eigenvalue weighted by Gasteiger charge is -2.27. The first kappa shape index (κ1) is 23.2. The Bertz CT molecular complexity index is 1330. The minimum Gasteiger partial charge on any atom is -0.451 e. The quantitative estimate of drug-likeness (QED) is 0.584. The Balaban J connectivity index is 1.61. The van der Waals surface area contributed by atoms with Gasteiger partial charge in [-0.3, -0.25) is 14.4 Å². The van der Waals surface area contributed by atoms with Crippen LogP contribution < -0.4 is 15.8 Å². The molecule has 0 saturated carbocycles. The molecule has 0 fully saturated rings. The largest absolute Gasteiger partial charge is 0.451 e. The molecule has 0 radical (unpaired) electrons. The molecule has 2 amide bonds. The van der Waals surface area contributed by atoms with Crippen LogP contribution in [0.15, 0.2) is 53.3 Å². The standard InChI is InChI=1S/C25H26N4O5/c1-15(2)13-28-24(32)18-9-5-4-8-17(18)23(27-28)25(33)34-14-22(31)29-16(3)12-21(30)26-19-10-6-7-11-20(19)29/h4-11,15-16H,12-14H2,1-3H3,(H,26,30). The zero-order valence-corrected chi connectivity index (χ0v) is 19.3. The van der Waals surface area contributed by atoms with Crippen LogP contribution in [-0.2, 0) is 20.9 Å². The van der Waals surface area contributed by atoms with Crippen molar-refractivity contribution in [3.05, 3.63) is 64.6 Å². The average Bonchev–Trinajstić information content (AvgIpc) is 2.93. The first-order valence-corrected chi connectivity index (χ1v) is 11.1. The summed E-state index contributed by atoms with van der Waals surface area (Å²) >= 11 is 0. The van der Waals surface area contributed by atoms with E-state index in [1.165, 1.54) is 9.58 Å². The van der Waals surface area contributed by atoms with Crippen LogP contribution in [0.2, 0.25) is 0 Å². The maximum atomic E-state index is 13.1. The molecule has 9 nitrogen and oxygen atoms in total. The highest BCUT2D eigenvalue weighted by molar-refractivity contribution is 6.06. The van der Waals surface area contributed by atoms with E-state index in [-0.39, 0.29) is 29.5 Å². The predicted molar refractivity (Wildman–Crippen MR) is 128 cm³/mol. The molecule has 3 aromatic rings. The number of ether oxygens (including phenoxy) is 1. The molecule has 1 N–H and O–H groups in total. The van der Waals surface area contributed by atoms with Crippen molar-refractivity contribution in [3.63, 3.8) is 0 Å². The first-order valence-electron chi connectivity index (χ1n) is 11.1. The second-order valence-electron chi connectivity index (χ2n) is 8.73. The number of benzene rings is 2. The fourth-order valence-electron chi connectivity index (χ4n) is 4.09. The second-order valence-corrected chi connectivity index (χ2v) is 8.73. The maximum absolute atomic E-state index is 13.1. The third-order valence-corrected chi connectivity index (χ3v) is 5.55. The van der Waals surface area contributed by atoms with E-state index in [1.807, 2.05) is 13.8 Å². The van der Waals surface area contributed by atoms with Crippen LogP contribution in [0.25, 0.3) is 10.8 Å². The van der Waals surface area contributed by atoms with Crippen molar-refractivity contribution in [2.75, 3.05) is 16.8 Å². The van der Waals surface area contributed by atoms with Gasteiger partial charge in [0.05, 0.1) is 16.8 Å². The number of hydrogen-bond donors (Lipinski definition) is 1. The summed E-state index contributed by atoms with van der Waals surface area (Å²) in [7, 11) is 0. The van der Waals surface area contributed by atoms with E-state index in [4.69, 9.17) is 4.74 Å². The molecule has 1 aromatic heterocycles. The number of carbonyl (C=O) groups excluding carboxylic acids is 3. The molecule has 2 heterocycles. The summed E-state index contributed by atoms with van der Waals surface area (Å²) in [4.78, 5) is 52.5. The van der Waals surface area contributed by atoms with Gasteiger partial charge in [0.1, 0.15) is 0 Å². The van der Waals surface area contributed by atoms with E-state index >= 15 is 0 Å². The number of esters is 1. The Morgan fingerprint density at radius 1 is 1.09 bits per heavy atom. The molecule has 34 heavy (non-hydrogen) atoms. The van der Waals surface area contributed by atoms with Gasteiger partial charge in [0.25, 0.3) is 11.5 Å². The fraction of sp³-hybridized carbons (Fsp3) is 0.320. The van der Waals surface area contributed by atoms with E-state index in [9.17, 15) is 19.2 Å². The predicted octanol–water partition coefficient (Wildman–Crippen LogP) is 2.97. The molecule has 2 aromatic carbocycles. The van der Waals surface area contributed by atoms with Crippen LogP contribution in [-0.4, -0.2) is 40.2 Å². The number of aromatic nitrogens is 2. The summed E-state index contributed by atoms with van der Waals surface area (Å²) in [5.41, 5.74) is 0.745. The van der Waals surface area contributed by atoms with Gasteiger partial charge in [-0.05, 0) is 31.0 Å². The summed E-state index contributed by atoms with van der Waals surface area (Å²) in [6, 6.07) is 13.2. The molecule has 9 heteroatoms. The van der Waals surface area contributed by atoms with Crippen molar-refractivity contribution >= 4 is 39.9 Å². The number of para-hydroxylation sites is 2. The first-order chi connectivity index (χ1) is 16.3. The van der Waals surface area contributed by atoms with E-state index in [1.54, 1.807) is 55.5 Å². The number of amides is 2. The van der Waals surface area contributed by atoms with Gasteiger partial charge in [0.2, 0.25) is 5.91 Å². The minimum atomic E-state index is -0.799. The molecule has 176 valence electrons. The molecule has 1 unspecified atom stereocenters. The second kappa shape index (κ2) is 9.46. The number of carbonyl (C=O) groups is 3. The van der Waals surface area contributed by atoms with E-state index < -0.39 is 24.5 Å². The molecule has 0 saturated heterocycles. The van der Waals surface area contributed by atoms with Crippen LogP contribution in [0.5, 0.6) is 0 Å². The zero-order chi connectivity index (χ0) is 24.4. The van der Waals surface area contributed by atoms with Crippen molar-refractivity contribution in [3.8, 4) is 0 Å². The van der Waals surface area contributed by atoms with Gasteiger partial charge in [-0.15, -0.1) is 0 Å². The molecule has 4 rings (SSSR count). The van der Waals surface area contributed by atoms with Gasteiger partial charge in [-0.2, -0.15) is 5.10 Å². The van der Waals surface area contributed by atoms with Crippen molar-refractivity contribution < 1.29 is 19.1 Å². The third kappa shape index (κ3) is 4.54. The van der Waals surface area contributed by atoms with Crippen LogP contribution in [0.4, 0.5) is 11.4 Å². The number of nitrogens with zero attached hydrogens (tertiary/aromatic N) is 3. The lowest BCUT2D eigenvalue weighted by atomic mass is 10.1. The Hall–Kier alpha value is -4.01. The van der Waals surface area contributed by atoms with Crippen molar-refractivity contribution in [1.82, 2.24) is 9.78 Å². The van der Waals surface area contributed by atoms with Crippen molar-refractivity contribution in [2.24, 2.45) is 5.92 Å². The Kier molecular flexibility index (Phi) is 6.45. The topological polar surface area (TPSA) is 111 Å². The van der Waals surface area contributed by atoms with Gasteiger partial charge in [-0.1, -0.05) is 44.2 Å². The normalized spacial score (nSPS) is 15.6. The van der Waals surface area contributed by atoms with E-state index in [0.29, 0.717) is 28.7 Å². The number of anilines is 2. The molecule has 1 aliphatic heterocycles.